The first-order valence-corrected chi connectivity index (χ1v) is 10.9. The number of unbranched alkanes of at least 4 members (excludes halogenated alkanes) is 1. The number of nitrogens with one attached hydrogen (secondary N) is 1. The standard InChI is InChI=1S/C22H28N2O3S/c1-2-3-6-16-7-9-17(10-8-16)18-15-28-21(23-18)24-19(25)13-22(14-20(26)27)11-4-5-12-22/h7-10,15H,2-6,11-14H2,1H3,(H,26,27)(H,23,24,25). The lowest BCUT2D eigenvalue weighted by Crippen LogP contribution is -2.27. The molecule has 3 rings (SSSR count). The highest BCUT2D eigenvalue weighted by Crippen LogP contribution is 2.44. The van der Waals surface area contributed by atoms with Crippen LogP contribution in [0.2, 0.25) is 0 Å². The number of aryl methyl sites for hydroxylation is 1. The van der Waals surface area contributed by atoms with E-state index in [0.717, 1.165) is 43.4 Å². The highest BCUT2D eigenvalue weighted by Gasteiger charge is 2.38. The van der Waals surface area contributed by atoms with Gasteiger partial charge in [-0.15, -0.1) is 11.3 Å². The maximum absolute atomic E-state index is 12.5. The number of rotatable bonds is 9. The molecule has 1 aliphatic carbocycles. The van der Waals surface area contributed by atoms with Gasteiger partial charge in [0.15, 0.2) is 5.13 Å². The number of aromatic nitrogens is 1. The van der Waals surface area contributed by atoms with Crippen LogP contribution < -0.4 is 5.32 Å². The fraction of sp³-hybridized carbons (Fsp3) is 0.500. The second-order valence-electron chi connectivity index (χ2n) is 7.84. The van der Waals surface area contributed by atoms with Gasteiger partial charge in [-0.05, 0) is 36.7 Å². The van der Waals surface area contributed by atoms with Gasteiger partial charge in [-0.1, -0.05) is 50.5 Å². The van der Waals surface area contributed by atoms with Crippen LogP contribution in [-0.2, 0) is 16.0 Å². The molecule has 2 aromatic rings. The summed E-state index contributed by atoms with van der Waals surface area (Å²) in [6, 6.07) is 8.43. The van der Waals surface area contributed by atoms with Crippen molar-refractivity contribution < 1.29 is 14.7 Å². The Morgan fingerprint density at radius 3 is 2.54 bits per heavy atom. The van der Waals surface area contributed by atoms with E-state index in [1.54, 1.807) is 0 Å². The fourth-order valence-electron chi connectivity index (χ4n) is 4.05. The van der Waals surface area contributed by atoms with E-state index in [0.29, 0.717) is 5.13 Å². The van der Waals surface area contributed by atoms with Crippen molar-refractivity contribution >= 4 is 28.3 Å². The van der Waals surface area contributed by atoms with E-state index >= 15 is 0 Å². The number of anilines is 1. The van der Waals surface area contributed by atoms with Crippen molar-refractivity contribution in [1.29, 1.82) is 0 Å². The van der Waals surface area contributed by atoms with Crippen LogP contribution in [-0.4, -0.2) is 22.0 Å². The van der Waals surface area contributed by atoms with E-state index in [2.05, 4.69) is 41.5 Å². The fourth-order valence-corrected chi connectivity index (χ4v) is 4.79. The smallest absolute Gasteiger partial charge is 0.303 e. The number of carboxylic acids is 1. The minimum Gasteiger partial charge on any atom is -0.481 e. The summed E-state index contributed by atoms with van der Waals surface area (Å²) >= 11 is 1.40. The molecule has 1 saturated carbocycles. The van der Waals surface area contributed by atoms with Crippen molar-refractivity contribution in [2.75, 3.05) is 5.32 Å². The molecule has 0 saturated heterocycles. The molecule has 150 valence electrons. The SMILES string of the molecule is CCCCc1ccc(-c2csc(NC(=O)CC3(CC(=O)O)CCCC3)n2)cc1. The molecule has 2 N–H and O–H groups in total. The summed E-state index contributed by atoms with van der Waals surface area (Å²) in [7, 11) is 0. The summed E-state index contributed by atoms with van der Waals surface area (Å²) in [6.07, 6.45) is 7.38. The van der Waals surface area contributed by atoms with Crippen LogP contribution in [0, 0.1) is 5.41 Å². The molecule has 1 aromatic heterocycles. The van der Waals surface area contributed by atoms with E-state index in [9.17, 15) is 14.7 Å². The van der Waals surface area contributed by atoms with Crippen LogP contribution >= 0.6 is 11.3 Å². The summed E-state index contributed by atoms with van der Waals surface area (Å²) in [5.41, 5.74) is 2.82. The first-order chi connectivity index (χ1) is 13.5. The Labute approximate surface area is 170 Å². The molecule has 0 radical (unpaired) electrons. The molecule has 0 bridgehead atoms. The highest BCUT2D eigenvalue weighted by molar-refractivity contribution is 7.14. The van der Waals surface area contributed by atoms with Crippen LogP contribution in [0.1, 0.15) is 63.9 Å². The third-order valence-electron chi connectivity index (χ3n) is 5.55. The second kappa shape index (κ2) is 9.32. The lowest BCUT2D eigenvalue weighted by atomic mass is 9.79. The Bertz CT molecular complexity index is 807. The van der Waals surface area contributed by atoms with Crippen molar-refractivity contribution in [2.45, 2.75) is 64.7 Å². The third kappa shape index (κ3) is 5.41. The Morgan fingerprint density at radius 2 is 1.89 bits per heavy atom. The predicted molar refractivity (Wildman–Crippen MR) is 113 cm³/mol. The summed E-state index contributed by atoms with van der Waals surface area (Å²) < 4.78 is 0. The maximum atomic E-state index is 12.5. The van der Waals surface area contributed by atoms with Crippen LogP contribution in [0.15, 0.2) is 29.6 Å². The first-order valence-electron chi connectivity index (χ1n) is 10.1. The lowest BCUT2D eigenvalue weighted by molar-refractivity contribution is -0.140. The molecule has 1 aromatic carbocycles. The van der Waals surface area contributed by atoms with Gasteiger partial charge in [0.25, 0.3) is 0 Å². The molecule has 0 aliphatic heterocycles. The third-order valence-corrected chi connectivity index (χ3v) is 6.30. The number of hydrogen-bond donors (Lipinski definition) is 2. The van der Waals surface area contributed by atoms with Gasteiger partial charge in [-0.25, -0.2) is 4.98 Å². The van der Waals surface area contributed by atoms with Gasteiger partial charge in [0.2, 0.25) is 5.91 Å². The summed E-state index contributed by atoms with van der Waals surface area (Å²) in [6.45, 7) is 2.19. The number of benzene rings is 1. The summed E-state index contributed by atoms with van der Waals surface area (Å²) in [5, 5.41) is 14.6. The van der Waals surface area contributed by atoms with Gasteiger partial charge in [0, 0.05) is 17.4 Å². The van der Waals surface area contributed by atoms with Crippen molar-refractivity contribution in [2.24, 2.45) is 5.41 Å². The van der Waals surface area contributed by atoms with Gasteiger partial charge in [0.1, 0.15) is 0 Å². The van der Waals surface area contributed by atoms with Gasteiger partial charge >= 0.3 is 5.97 Å². The van der Waals surface area contributed by atoms with E-state index in [-0.39, 0.29) is 18.7 Å². The zero-order valence-corrected chi connectivity index (χ0v) is 17.2. The van der Waals surface area contributed by atoms with Crippen LogP contribution in [0.5, 0.6) is 0 Å². The first kappa shape index (κ1) is 20.5. The monoisotopic (exact) mass is 400 g/mol. The molecule has 5 nitrogen and oxygen atoms in total. The Kier molecular flexibility index (Phi) is 6.83. The minimum atomic E-state index is -0.825. The Balaban J connectivity index is 1.60. The number of aliphatic carboxylic acids is 1. The van der Waals surface area contributed by atoms with Gasteiger partial charge < -0.3 is 10.4 Å². The molecule has 1 amide bonds. The van der Waals surface area contributed by atoms with Crippen molar-refractivity contribution in [3.05, 3.63) is 35.2 Å². The number of carboxylic acid groups (broad SMARTS) is 1. The Hall–Kier alpha value is -2.21. The molecule has 28 heavy (non-hydrogen) atoms. The number of amides is 1. The zero-order chi connectivity index (χ0) is 20.0. The van der Waals surface area contributed by atoms with Crippen LogP contribution in [0.25, 0.3) is 11.3 Å². The Morgan fingerprint density at radius 1 is 1.18 bits per heavy atom. The highest BCUT2D eigenvalue weighted by atomic mass is 32.1. The number of carbonyl (C=O) groups is 2. The molecule has 1 aliphatic rings. The lowest BCUT2D eigenvalue weighted by Gasteiger charge is -2.25. The number of nitrogens with zero attached hydrogens (tertiary/aromatic N) is 1. The van der Waals surface area contributed by atoms with Gasteiger partial charge in [-0.2, -0.15) is 0 Å². The molecule has 1 heterocycles. The van der Waals surface area contributed by atoms with E-state index < -0.39 is 11.4 Å². The molecule has 6 heteroatoms. The van der Waals surface area contributed by atoms with Gasteiger partial charge in [-0.3, -0.25) is 9.59 Å². The zero-order valence-electron chi connectivity index (χ0n) is 16.4. The number of thiazole rings is 1. The van der Waals surface area contributed by atoms with Crippen molar-refractivity contribution in [1.82, 2.24) is 4.98 Å². The normalized spacial score (nSPS) is 15.5. The second-order valence-corrected chi connectivity index (χ2v) is 8.70. The van der Waals surface area contributed by atoms with E-state index in [1.807, 2.05) is 5.38 Å². The molecular weight excluding hydrogens is 372 g/mol. The van der Waals surface area contributed by atoms with E-state index in [4.69, 9.17) is 0 Å². The topological polar surface area (TPSA) is 79.3 Å². The van der Waals surface area contributed by atoms with E-state index in [1.165, 1.54) is 29.7 Å². The summed E-state index contributed by atoms with van der Waals surface area (Å²) in [4.78, 5) is 28.2. The van der Waals surface area contributed by atoms with Crippen molar-refractivity contribution in [3.8, 4) is 11.3 Å². The quantitative estimate of drug-likeness (QED) is 0.581. The van der Waals surface area contributed by atoms with Gasteiger partial charge in [0.05, 0.1) is 12.1 Å². The largest absolute Gasteiger partial charge is 0.481 e. The number of hydrogen-bond acceptors (Lipinski definition) is 4. The molecule has 1 fully saturated rings. The minimum absolute atomic E-state index is 0.0634. The molecule has 0 spiro atoms. The molecule has 0 unspecified atom stereocenters. The predicted octanol–water partition coefficient (Wildman–Crippen LogP) is 5.52. The average molecular weight is 401 g/mol. The van der Waals surface area contributed by atoms with Crippen LogP contribution in [0.4, 0.5) is 5.13 Å². The average Bonchev–Trinajstić information content (AvgIpc) is 3.29. The van der Waals surface area contributed by atoms with Crippen molar-refractivity contribution in [3.63, 3.8) is 0 Å². The molecular formula is C22H28N2O3S. The molecule has 0 atom stereocenters. The van der Waals surface area contributed by atoms with Crippen LogP contribution in [0.3, 0.4) is 0 Å². The number of carbonyl (C=O) groups excluding carboxylic acids is 1. The maximum Gasteiger partial charge on any atom is 0.303 e. The summed E-state index contributed by atoms with van der Waals surface area (Å²) in [5.74, 6) is -0.965.